The third kappa shape index (κ3) is 3.77. The number of nitro groups is 1. The second-order valence-electron chi connectivity index (χ2n) is 5.30. The summed E-state index contributed by atoms with van der Waals surface area (Å²) in [5, 5.41) is 20.2. The summed E-state index contributed by atoms with van der Waals surface area (Å²) < 4.78 is 5.18. The normalized spacial score (nSPS) is 17.6. The maximum Gasteiger partial charge on any atom is 0.311 e. The number of piperidine rings is 1. The first-order chi connectivity index (χ1) is 10.9. The van der Waals surface area contributed by atoms with Crippen LogP contribution < -0.4 is 4.74 Å². The van der Waals surface area contributed by atoms with Crippen molar-refractivity contribution < 1.29 is 24.4 Å². The van der Waals surface area contributed by atoms with Gasteiger partial charge in [0.25, 0.3) is 5.91 Å². The van der Waals surface area contributed by atoms with E-state index in [1.54, 1.807) is 6.92 Å². The van der Waals surface area contributed by atoms with Gasteiger partial charge < -0.3 is 14.7 Å². The maximum atomic E-state index is 12.5. The topological polar surface area (TPSA) is 110 Å². The monoisotopic (exact) mass is 322 g/mol. The molecular weight excluding hydrogens is 304 g/mol. The number of hydrogen-bond acceptors (Lipinski definition) is 5. The van der Waals surface area contributed by atoms with Crippen molar-refractivity contribution >= 4 is 17.6 Å². The van der Waals surface area contributed by atoms with E-state index in [0.29, 0.717) is 19.4 Å². The molecule has 0 spiro atoms. The van der Waals surface area contributed by atoms with E-state index in [9.17, 15) is 19.7 Å². The fourth-order valence-corrected chi connectivity index (χ4v) is 2.62. The van der Waals surface area contributed by atoms with E-state index < -0.39 is 22.7 Å². The Morgan fingerprint density at radius 1 is 1.48 bits per heavy atom. The highest BCUT2D eigenvalue weighted by Crippen LogP contribution is 2.29. The van der Waals surface area contributed by atoms with Crippen LogP contribution in [0.15, 0.2) is 18.2 Å². The van der Waals surface area contributed by atoms with Crippen LogP contribution in [-0.4, -0.2) is 46.5 Å². The number of carbonyl (C=O) groups excluding carboxylic acids is 1. The zero-order valence-electron chi connectivity index (χ0n) is 12.7. The lowest BCUT2D eigenvalue weighted by Gasteiger charge is -2.30. The first-order valence-corrected chi connectivity index (χ1v) is 7.37. The molecule has 0 unspecified atom stereocenters. The van der Waals surface area contributed by atoms with Crippen molar-refractivity contribution in [3.8, 4) is 5.75 Å². The summed E-state index contributed by atoms with van der Waals surface area (Å²) in [7, 11) is 0. The Labute approximate surface area is 132 Å². The number of ether oxygens (including phenoxy) is 1. The molecule has 1 atom stereocenters. The fourth-order valence-electron chi connectivity index (χ4n) is 2.62. The number of aliphatic carboxylic acids is 1. The Morgan fingerprint density at radius 2 is 2.22 bits per heavy atom. The minimum Gasteiger partial charge on any atom is -0.487 e. The number of carboxylic acids is 1. The molecule has 1 N–H and O–H groups in total. The van der Waals surface area contributed by atoms with Crippen LogP contribution in [-0.2, 0) is 4.79 Å². The van der Waals surface area contributed by atoms with Crippen molar-refractivity contribution in [3.05, 3.63) is 33.9 Å². The molecule has 8 heteroatoms. The Hall–Kier alpha value is -2.64. The van der Waals surface area contributed by atoms with E-state index in [1.165, 1.54) is 23.1 Å². The maximum absolute atomic E-state index is 12.5. The van der Waals surface area contributed by atoms with E-state index >= 15 is 0 Å². The highest BCUT2D eigenvalue weighted by atomic mass is 16.6. The predicted molar refractivity (Wildman–Crippen MR) is 80.5 cm³/mol. The van der Waals surface area contributed by atoms with E-state index in [4.69, 9.17) is 9.84 Å². The third-order valence-corrected chi connectivity index (χ3v) is 3.76. The SMILES string of the molecule is CCOc1ccc(C(=O)N2CCC[C@H](C(=O)O)C2)cc1[N+](=O)[O-]. The van der Waals surface area contributed by atoms with Crippen LogP contribution in [0.3, 0.4) is 0 Å². The van der Waals surface area contributed by atoms with Crippen LogP contribution in [0.5, 0.6) is 5.75 Å². The summed E-state index contributed by atoms with van der Waals surface area (Å²) in [5.41, 5.74) is -0.115. The Bertz CT molecular complexity index is 630. The number of nitrogens with zero attached hydrogens (tertiary/aromatic N) is 2. The molecule has 0 saturated carbocycles. The molecule has 124 valence electrons. The zero-order chi connectivity index (χ0) is 17.0. The predicted octanol–water partition coefficient (Wildman–Crippen LogP) is 1.93. The van der Waals surface area contributed by atoms with Gasteiger partial charge in [-0.25, -0.2) is 0 Å². The minimum atomic E-state index is -0.930. The van der Waals surface area contributed by atoms with Gasteiger partial charge in [0.1, 0.15) is 0 Å². The smallest absolute Gasteiger partial charge is 0.311 e. The Kier molecular flexibility index (Phi) is 5.15. The second kappa shape index (κ2) is 7.08. The minimum absolute atomic E-state index is 0.108. The molecule has 1 heterocycles. The van der Waals surface area contributed by atoms with Gasteiger partial charge in [-0.05, 0) is 31.9 Å². The quantitative estimate of drug-likeness (QED) is 0.655. The summed E-state index contributed by atoms with van der Waals surface area (Å²) in [4.78, 5) is 35.5. The van der Waals surface area contributed by atoms with Crippen molar-refractivity contribution in [2.45, 2.75) is 19.8 Å². The molecule has 0 radical (unpaired) electrons. The number of likely N-dealkylation sites (tertiary alicyclic amines) is 1. The van der Waals surface area contributed by atoms with Gasteiger partial charge in [-0.1, -0.05) is 0 Å². The summed E-state index contributed by atoms with van der Waals surface area (Å²) in [6.07, 6.45) is 1.13. The first kappa shape index (κ1) is 16.7. The van der Waals surface area contributed by atoms with Crippen LogP contribution in [0.4, 0.5) is 5.69 Å². The van der Waals surface area contributed by atoms with Crippen molar-refractivity contribution in [1.82, 2.24) is 4.90 Å². The summed E-state index contributed by atoms with van der Waals surface area (Å²) >= 11 is 0. The van der Waals surface area contributed by atoms with Gasteiger partial charge in [0.2, 0.25) is 0 Å². The van der Waals surface area contributed by atoms with Crippen LogP contribution in [0.2, 0.25) is 0 Å². The van der Waals surface area contributed by atoms with Gasteiger partial charge in [0, 0.05) is 24.7 Å². The molecule has 2 rings (SSSR count). The highest BCUT2D eigenvalue weighted by Gasteiger charge is 2.29. The standard InChI is InChI=1S/C15H18N2O6/c1-2-23-13-6-5-10(8-12(13)17(21)22)14(18)16-7-3-4-11(9-16)15(19)20/h5-6,8,11H,2-4,7,9H2,1H3,(H,19,20)/t11-/m0/s1. The molecule has 23 heavy (non-hydrogen) atoms. The largest absolute Gasteiger partial charge is 0.487 e. The lowest BCUT2D eigenvalue weighted by atomic mass is 9.97. The highest BCUT2D eigenvalue weighted by molar-refractivity contribution is 5.95. The number of hydrogen-bond donors (Lipinski definition) is 1. The van der Waals surface area contributed by atoms with Crippen molar-refractivity contribution in [2.24, 2.45) is 5.92 Å². The van der Waals surface area contributed by atoms with Gasteiger partial charge in [0.15, 0.2) is 5.75 Å². The fraction of sp³-hybridized carbons (Fsp3) is 0.467. The molecule has 0 aromatic heterocycles. The van der Waals surface area contributed by atoms with Crippen LogP contribution in [0.25, 0.3) is 0 Å². The average Bonchev–Trinajstić information content (AvgIpc) is 2.54. The van der Waals surface area contributed by atoms with E-state index in [-0.39, 0.29) is 30.2 Å². The first-order valence-electron chi connectivity index (χ1n) is 7.37. The summed E-state index contributed by atoms with van der Waals surface area (Å²) in [6, 6.07) is 4.04. The van der Waals surface area contributed by atoms with Gasteiger partial charge in [-0.3, -0.25) is 19.7 Å². The average molecular weight is 322 g/mol. The molecule has 1 aliphatic heterocycles. The number of amides is 1. The molecule has 0 bridgehead atoms. The van der Waals surface area contributed by atoms with Crippen molar-refractivity contribution in [1.29, 1.82) is 0 Å². The molecule has 0 aliphatic carbocycles. The van der Waals surface area contributed by atoms with Crippen LogP contribution in [0.1, 0.15) is 30.1 Å². The molecular formula is C15H18N2O6. The number of nitro benzene ring substituents is 1. The molecule has 1 aromatic carbocycles. The lowest BCUT2D eigenvalue weighted by molar-refractivity contribution is -0.385. The van der Waals surface area contributed by atoms with E-state index in [0.717, 1.165) is 0 Å². The van der Waals surface area contributed by atoms with Crippen LogP contribution in [0, 0.1) is 16.0 Å². The number of rotatable bonds is 5. The number of carboxylic acid groups (broad SMARTS) is 1. The molecule has 1 fully saturated rings. The van der Waals surface area contributed by atoms with E-state index in [1.807, 2.05) is 0 Å². The number of benzene rings is 1. The molecule has 1 saturated heterocycles. The van der Waals surface area contributed by atoms with Gasteiger partial charge in [-0.2, -0.15) is 0 Å². The zero-order valence-corrected chi connectivity index (χ0v) is 12.7. The van der Waals surface area contributed by atoms with Crippen LogP contribution >= 0.6 is 0 Å². The lowest BCUT2D eigenvalue weighted by Crippen LogP contribution is -2.42. The second-order valence-corrected chi connectivity index (χ2v) is 5.30. The van der Waals surface area contributed by atoms with Gasteiger partial charge in [-0.15, -0.1) is 0 Å². The number of carbonyl (C=O) groups is 2. The Balaban J connectivity index is 2.23. The Morgan fingerprint density at radius 3 is 2.83 bits per heavy atom. The molecule has 8 nitrogen and oxygen atoms in total. The van der Waals surface area contributed by atoms with E-state index in [2.05, 4.69) is 0 Å². The molecule has 1 aromatic rings. The summed E-state index contributed by atoms with van der Waals surface area (Å²) in [6.45, 7) is 2.56. The van der Waals surface area contributed by atoms with Gasteiger partial charge >= 0.3 is 11.7 Å². The summed E-state index contributed by atoms with van der Waals surface area (Å²) in [5.74, 6) is -1.82. The molecule has 1 aliphatic rings. The van der Waals surface area contributed by atoms with Gasteiger partial charge in [0.05, 0.1) is 17.4 Å². The van der Waals surface area contributed by atoms with Crippen molar-refractivity contribution in [2.75, 3.05) is 19.7 Å². The van der Waals surface area contributed by atoms with Crippen molar-refractivity contribution in [3.63, 3.8) is 0 Å². The molecule has 1 amide bonds. The third-order valence-electron chi connectivity index (χ3n) is 3.76.